The summed E-state index contributed by atoms with van der Waals surface area (Å²) in [5.41, 5.74) is 1.04. The summed E-state index contributed by atoms with van der Waals surface area (Å²) in [6.07, 6.45) is 8.52. The molecule has 3 heterocycles. The average molecular weight is 350 g/mol. The van der Waals surface area contributed by atoms with Gasteiger partial charge in [-0.1, -0.05) is 24.7 Å². The number of rotatable bonds is 4. The third-order valence-corrected chi connectivity index (χ3v) is 6.63. The van der Waals surface area contributed by atoms with E-state index in [2.05, 4.69) is 9.88 Å². The van der Waals surface area contributed by atoms with Gasteiger partial charge in [0.25, 0.3) is 5.19 Å². The maximum absolute atomic E-state index is 11.8. The molecule has 1 saturated carbocycles. The van der Waals surface area contributed by atoms with Crippen LogP contribution in [0.2, 0.25) is 0 Å². The molecule has 5 nitrogen and oxygen atoms in total. The van der Waals surface area contributed by atoms with Crippen molar-refractivity contribution in [2.24, 2.45) is 0 Å². The number of nitrogens with zero attached hydrogens (tertiary/aromatic N) is 3. The van der Waals surface area contributed by atoms with E-state index in [-0.39, 0.29) is 5.91 Å². The van der Waals surface area contributed by atoms with E-state index in [1.807, 2.05) is 11.8 Å². The molecule has 2 fully saturated rings. The number of thiazole rings is 1. The highest BCUT2D eigenvalue weighted by Crippen LogP contribution is 2.34. The first kappa shape index (κ1) is 16.3. The van der Waals surface area contributed by atoms with Crippen LogP contribution in [0.5, 0.6) is 5.19 Å². The second-order valence-electron chi connectivity index (χ2n) is 7.24. The fourth-order valence-corrected chi connectivity index (χ4v) is 4.93. The van der Waals surface area contributed by atoms with Crippen LogP contribution in [0, 0.1) is 0 Å². The van der Waals surface area contributed by atoms with Crippen molar-refractivity contribution in [1.82, 2.24) is 14.8 Å². The zero-order valence-corrected chi connectivity index (χ0v) is 15.3. The average Bonchev–Trinajstić information content (AvgIpc) is 2.99. The second-order valence-corrected chi connectivity index (χ2v) is 8.29. The third kappa shape index (κ3) is 3.31. The van der Waals surface area contributed by atoms with Crippen molar-refractivity contribution in [2.45, 2.75) is 77.1 Å². The van der Waals surface area contributed by atoms with Crippen LogP contribution < -0.4 is 4.74 Å². The molecule has 4 rings (SSSR count). The van der Waals surface area contributed by atoms with Crippen molar-refractivity contribution in [3.63, 3.8) is 0 Å². The van der Waals surface area contributed by atoms with E-state index >= 15 is 0 Å². The van der Waals surface area contributed by atoms with E-state index in [4.69, 9.17) is 4.74 Å². The van der Waals surface area contributed by atoms with Gasteiger partial charge in [0.15, 0.2) is 0 Å². The van der Waals surface area contributed by atoms with E-state index in [0.717, 1.165) is 29.8 Å². The summed E-state index contributed by atoms with van der Waals surface area (Å²) < 4.78 is 6.21. The summed E-state index contributed by atoms with van der Waals surface area (Å²) in [7, 11) is 0. The molecule has 24 heavy (non-hydrogen) atoms. The highest BCUT2D eigenvalue weighted by Gasteiger charge is 2.30. The highest BCUT2D eigenvalue weighted by molar-refractivity contribution is 7.13. The Morgan fingerprint density at radius 1 is 1.21 bits per heavy atom. The molecule has 132 valence electrons. The molecular weight excluding hydrogens is 322 g/mol. The molecule has 0 bridgehead atoms. The quantitative estimate of drug-likeness (QED) is 0.837. The Balaban J connectivity index is 1.31. The Morgan fingerprint density at radius 2 is 2.08 bits per heavy atom. The molecule has 1 atom stereocenters. The number of hydrogen-bond acceptors (Lipinski definition) is 5. The molecule has 0 N–H and O–H groups in total. The molecule has 3 aliphatic rings. The number of carbonyl (C=O) groups excluding carboxylic acids is 1. The SMILES string of the molecule is CCC(=O)N1Cc2nc(OC3CCCN(C4CCC4)CC3)sc2C1. The second kappa shape index (κ2) is 7.00. The summed E-state index contributed by atoms with van der Waals surface area (Å²) in [5, 5.41) is 0.811. The largest absolute Gasteiger partial charge is 0.467 e. The fraction of sp³-hybridized carbons (Fsp3) is 0.778. The summed E-state index contributed by atoms with van der Waals surface area (Å²) in [6.45, 7) is 5.67. The predicted octanol–water partition coefficient (Wildman–Crippen LogP) is 3.18. The Labute approximate surface area is 148 Å². The van der Waals surface area contributed by atoms with Crippen LogP contribution in [0.25, 0.3) is 0 Å². The van der Waals surface area contributed by atoms with Gasteiger partial charge in [-0.05, 0) is 38.6 Å². The number of hydrogen-bond donors (Lipinski definition) is 0. The van der Waals surface area contributed by atoms with Crippen LogP contribution in [0.15, 0.2) is 0 Å². The van der Waals surface area contributed by atoms with Crippen LogP contribution in [0.4, 0.5) is 0 Å². The van der Waals surface area contributed by atoms with E-state index in [9.17, 15) is 4.79 Å². The minimum absolute atomic E-state index is 0.211. The number of amides is 1. The van der Waals surface area contributed by atoms with Gasteiger partial charge >= 0.3 is 0 Å². The Kier molecular flexibility index (Phi) is 4.77. The Bertz CT molecular complexity index is 576. The first-order valence-corrected chi connectivity index (χ1v) is 10.2. The summed E-state index contributed by atoms with van der Waals surface area (Å²) in [6, 6.07) is 0.842. The van der Waals surface area contributed by atoms with Gasteiger partial charge in [-0.2, -0.15) is 0 Å². The van der Waals surface area contributed by atoms with Crippen molar-refractivity contribution in [1.29, 1.82) is 0 Å². The van der Waals surface area contributed by atoms with Gasteiger partial charge in [0.2, 0.25) is 5.91 Å². The molecule has 1 aromatic heterocycles. The van der Waals surface area contributed by atoms with Gasteiger partial charge in [0, 0.05) is 19.0 Å². The molecule has 2 aliphatic heterocycles. The molecule has 1 aromatic rings. The molecule has 6 heteroatoms. The van der Waals surface area contributed by atoms with Crippen LogP contribution in [0.1, 0.15) is 62.4 Å². The standard InChI is InChI=1S/C18H27N3O2S/c1-2-17(22)21-11-15-16(12-21)24-18(19-15)23-14-7-4-9-20(10-8-14)13-5-3-6-13/h13-14H,2-12H2,1H3. The lowest BCUT2D eigenvalue weighted by atomic mass is 9.91. The molecule has 0 aromatic carbocycles. The van der Waals surface area contributed by atoms with E-state index < -0.39 is 0 Å². The van der Waals surface area contributed by atoms with Crippen LogP contribution >= 0.6 is 11.3 Å². The van der Waals surface area contributed by atoms with Crippen molar-refractivity contribution in [3.8, 4) is 5.19 Å². The van der Waals surface area contributed by atoms with Crippen molar-refractivity contribution >= 4 is 17.2 Å². The van der Waals surface area contributed by atoms with Crippen molar-refractivity contribution in [2.75, 3.05) is 13.1 Å². The van der Waals surface area contributed by atoms with Gasteiger partial charge < -0.3 is 14.5 Å². The van der Waals surface area contributed by atoms with Gasteiger partial charge in [-0.25, -0.2) is 4.98 Å². The first-order chi connectivity index (χ1) is 11.7. The normalized spacial score (nSPS) is 25.2. The van der Waals surface area contributed by atoms with E-state index in [1.54, 1.807) is 11.3 Å². The number of ether oxygens (including phenoxy) is 1. The van der Waals surface area contributed by atoms with Crippen LogP contribution in [-0.4, -0.2) is 45.9 Å². The summed E-state index contributed by atoms with van der Waals surface area (Å²) >= 11 is 1.64. The monoisotopic (exact) mass is 349 g/mol. The van der Waals surface area contributed by atoms with Crippen LogP contribution in [0.3, 0.4) is 0 Å². The molecule has 0 radical (unpaired) electrons. The van der Waals surface area contributed by atoms with Crippen LogP contribution in [-0.2, 0) is 17.9 Å². The smallest absolute Gasteiger partial charge is 0.274 e. The van der Waals surface area contributed by atoms with Gasteiger partial charge in [-0.15, -0.1) is 0 Å². The Morgan fingerprint density at radius 3 is 2.79 bits per heavy atom. The molecule has 1 aliphatic carbocycles. The fourth-order valence-electron chi connectivity index (χ4n) is 3.93. The number of aromatic nitrogens is 1. The summed E-state index contributed by atoms with van der Waals surface area (Å²) in [4.78, 5) is 22.2. The van der Waals surface area contributed by atoms with Gasteiger partial charge in [0.1, 0.15) is 6.10 Å². The van der Waals surface area contributed by atoms with E-state index in [0.29, 0.717) is 25.6 Å². The molecule has 1 unspecified atom stereocenters. The maximum Gasteiger partial charge on any atom is 0.274 e. The minimum Gasteiger partial charge on any atom is -0.467 e. The number of carbonyl (C=O) groups is 1. The number of fused-ring (bicyclic) bond motifs is 1. The van der Waals surface area contributed by atoms with Gasteiger partial charge in [-0.3, -0.25) is 4.79 Å². The predicted molar refractivity (Wildman–Crippen MR) is 94.1 cm³/mol. The lowest BCUT2D eigenvalue weighted by Gasteiger charge is -2.36. The molecule has 1 amide bonds. The molecule has 0 spiro atoms. The molecule has 1 saturated heterocycles. The Hall–Kier alpha value is -1.14. The topological polar surface area (TPSA) is 45.7 Å². The molecular formula is C18H27N3O2S. The minimum atomic E-state index is 0.211. The zero-order chi connectivity index (χ0) is 16.5. The lowest BCUT2D eigenvalue weighted by molar-refractivity contribution is -0.131. The van der Waals surface area contributed by atoms with E-state index in [1.165, 1.54) is 43.6 Å². The summed E-state index contributed by atoms with van der Waals surface area (Å²) in [5.74, 6) is 0.211. The first-order valence-electron chi connectivity index (χ1n) is 9.40. The van der Waals surface area contributed by atoms with Crippen molar-refractivity contribution in [3.05, 3.63) is 10.6 Å². The van der Waals surface area contributed by atoms with Crippen molar-refractivity contribution < 1.29 is 9.53 Å². The highest BCUT2D eigenvalue weighted by atomic mass is 32.1. The lowest BCUT2D eigenvalue weighted by Crippen LogP contribution is -2.40. The zero-order valence-electron chi connectivity index (χ0n) is 14.5. The third-order valence-electron chi connectivity index (χ3n) is 5.66. The number of likely N-dealkylation sites (tertiary alicyclic amines) is 1. The maximum atomic E-state index is 11.8. The van der Waals surface area contributed by atoms with Gasteiger partial charge in [0.05, 0.1) is 23.7 Å².